The summed E-state index contributed by atoms with van der Waals surface area (Å²) in [4.78, 5) is 140. The predicted molar refractivity (Wildman–Crippen MR) is 409 cm³/mol. The van der Waals surface area contributed by atoms with Crippen LogP contribution in [-0.2, 0) is 106 Å². The van der Waals surface area contributed by atoms with E-state index in [2.05, 4.69) is 31.0 Å². The molecule has 6 amide bonds. The van der Waals surface area contributed by atoms with Crippen molar-refractivity contribution < 1.29 is 80.8 Å². The minimum Gasteiger partial charge on any atom is -0.497 e. The van der Waals surface area contributed by atoms with E-state index in [0.29, 0.717) is 79.4 Å². The number of Topliss-reactive ketones (excluding diaryl/α,β-unsaturated/α-hetero) is 2. The molecule has 110 heavy (non-hydrogen) atoms. The summed E-state index contributed by atoms with van der Waals surface area (Å²) in [5, 5.41) is 11.9. The number of ether oxygens (including phenoxy) is 6. The number of methoxy groups -OCH3 is 3. The van der Waals surface area contributed by atoms with E-state index in [1.54, 1.807) is 43.3 Å². The summed E-state index contributed by atoms with van der Waals surface area (Å²) in [5.74, 6) is -4.24. The van der Waals surface area contributed by atoms with Crippen molar-refractivity contribution >= 4 is 70.0 Å². The fourth-order valence-corrected chi connectivity index (χ4v) is 15.1. The molecule has 0 spiro atoms. The van der Waals surface area contributed by atoms with E-state index in [0.717, 1.165) is 44.5 Å². The first-order chi connectivity index (χ1) is 52.7. The van der Waals surface area contributed by atoms with Gasteiger partial charge in [-0.25, -0.2) is 9.18 Å². The number of hydrogen-bond donors (Lipinski definition) is 6. The number of aromatic nitrogens is 1. The molecule has 8 atom stereocenters. The Morgan fingerprint density at radius 3 is 2.15 bits per heavy atom. The second kappa shape index (κ2) is 37.7. The van der Waals surface area contributed by atoms with Gasteiger partial charge in [-0.2, -0.15) is 0 Å². The summed E-state index contributed by atoms with van der Waals surface area (Å²) in [6.45, 7) is 10.1. The SMILES string of the molecule is COC(=O)CCC(=O)NCc1ccc(CCCC(=O)[C@]2(C)CCCN2C(=O)[C@H](Cc2ccc(OC)cc2)NC(=O)[C@@H](N)[C@@H](C)OC(C)(C)C)cc1.COC(=O)C[C@@H]1[C@@H]2CCN1C(=O)[C@H](Cc1c[nH]c3ccc(F)cc13)CC(=O)[C@@H](NC(=O)OCC1c3ccccc3-c3ccccc31)Cc1cccc(c1)CNC(=O)CO2. The van der Waals surface area contributed by atoms with E-state index in [1.807, 2.05) is 137 Å². The first-order valence-electron chi connectivity index (χ1n) is 37.6. The fraction of sp³-hybridized carbons (Fsp3) is 0.435. The second-order valence-corrected chi connectivity index (χ2v) is 29.8. The van der Waals surface area contributed by atoms with E-state index in [-0.39, 0.29) is 101 Å². The first kappa shape index (κ1) is 81.9. The van der Waals surface area contributed by atoms with Crippen molar-refractivity contribution in [3.05, 3.63) is 196 Å². The molecule has 0 radical (unpaired) electrons. The number of amides is 6. The number of ketones is 2. The number of likely N-dealkylation sites (tertiary alicyclic amines) is 1. The molecule has 4 aliphatic rings. The molecule has 4 bridgehead atoms. The number of nitrogens with two attached hydrogens (primary N) is 1. The lowest BCUT2D eigenvalue weighted by molar-refractivity contribution is -0.147. The third-order valence-corrected chi connectivity index (χ3v) is 21.0. The molecule has 2 fully saturated rings. The number of benzene rings is 6. The number of fused-ring (bicyclic) bond motifs is 8. The Balaban J connectivity index is 0.000000237. The maximum Gasteiger partial charge on any atom is 0.407 e. The Morgan fingerprint density at radius 1 is 0.773 bits per heavy atom. The number of alkyl carbamates (subject to hydrolysis) is 1. The number of nitrogens with zero attached hydrogens (tertiary/aromatic N) is 2. The van der Waals surface area contributed by atoms with Crippen LogP contribution >= 0.6 is 0 Å². The minimum absolute atomic E-state index is 0.0157. The third kappa shape index (κ3) is 21.4. The lowest BCUT2D eigenvalue weighted by Gasteiger charge is -2.37. The highest BCUT2D eigenvalue weighted by Crippen LogP contribution is 2.45. The molecular formula is C85H101FN8O16. The fourth-order valence-electron chi connectivity index (χ4n) is 15.1. The molecule has 7 N–H and O–H groups in total. The number of carbonyl (C=O) groups excluding carboxylic acids is 10. The van der Waals surface area contributed by atoms with Crippen molar-refractivity contribution in [3.8, 4) is 16.9 Å². The van der Waals surface area contributed by atoms with Gasteiger partial charge >= 0.3 is 18.0 Å². The third-order valence-electron chi connectivity index (χ3n) is 21.0. The number of carbonyl (C=O) groups is 10. The number of rotatable bonds is 25. The number of aryl methyl sites for hydroxylation is 1. The van der Waals surface area contributed by atoms with E-state index in [9.17, 15) is 52.3 Å². The number of halogens is 1. The van der Waals surface area contributed by atoms with Crippen LogP contribution in [0.2, 0.25) is 0 Å². The van der Waals surface area contributed by atoms with Crippen LogP contribution < -0.4 is 31.7 Å². The standard InChI is InChI=1S/C46H45FN4O8.C39H56N4O8/c1-57-44(54)22-40-42-15-16-51(40)45(55)29(19-30-24-48-38-14-13-31(47)21-36(30)38)20-41(52)39(18-27-7-6-8-28(17-27)23-49-43(53)26-58-42)50-46(56)59-25-37-34-11-4-2-9-32(34)33-10-3-5-12-35(33)37;1-26(51-38(2,3)4)35(40)36(47)42-31(24-28-16-18-30(49-6)19-17-28)37(48)43-23-9-22-39(43,5)32(44)11-8-10-27-12-14-29(15-13-27)25-41-33(45)20-21-34(46)50-7/h2-14,17,21,24,29,37,39-40,42,48H,15-16,18-20,22-23,25-26H2,1H3,(H,49,53)(H,50,56);12-19,26,31,35H,8-11,20-25,40H2,1-7H3,(H,41,45)(H,42,47)/t29-,39+,40-,42+;26-,31+,35+,39+/m11/s1. The van der Waals surface area contributed by atoms with Crippen LogP contribution in [0.3, 0.4) is 0 Å². The Labute approximate surface area is 640 Å². The van der Waals surface area contributed by atoms with E-state index in [1.165, 1.54) is 31.3 Å². The molecule has 1 aromatic heterocycles. The first-order valence-corrected chi connectivity index (χ1v) is 37.6. The summed E-state index contributed by atoms with van der Waals surface area (Å²) in [5.41, 5.74) is 14.6. The normalized spacial score (nSPS) is 19.5. The quantitative estimate of drug-likeness (QED) is 0.0229. The maximum absolute atomic E-state index is 14.8. The summed E-state index contributed by atoms with van der Waals surface area (Å²) < 4.78 is 47.2. The van der Waals surface area contributed by atoms with Gasteiger partial charge in [0.2, 0.25) is 29.5 Å². The second-order valence-electron chi connectivity index (χ2n) is 29.8. The average molecular weight is 1510 g/mol. The molecule has 0 unspecified atom stereocenters. The van der Waals surface area contributed by atoms with Gasteiger partial charge in [0.15, 0.2) is 11.6 Å². The van der Waals surface area contributed by atoms with Gasteiger partial charge in [0.1, 0.15) is 36.9 Å². The number of esters is 2. The molecule has 11 rings (SSSR count). The lowest BCUT2D eigenvalue weighted by Crippen LogP contribution is -2.60. The number of aromatic amines is 1. The van der Waals surface area contributed by atoms with Gasteiger partial charge in [-0.15, -0.1) is 0 Å². The van der Waals surface area contributed by atoms with Gasteiger partial charge in [0, 0.05) is 80.8 Å². The van der Waals surface area contributed by atoms with Gasteiger partial charge in [-0.1, -0.05) is 109 Å². The Bertz CT molecular complexity index is 4400. The summed E-state index contributed by atoms with van der Waals surface area (Å²) >= 11 is 0. The van der Waals surface area contributed by atoms with Crippen LogP contribution in [0.5, 0.6) is 5.75 Å². The van der Waals surface area contributed by atoms with Crippen LogP contribution in [0.15, 0.2) is 146 Å². The zero-order valence-corrected chi connectivity index (χ0v) is 63.8. The van der Waals surface area contributed by atoms with Crippen LogP contribution in [0.25, 0.3) is 22.0 Å². The molecular weight excluding hydrogens is 1410 g/mol. The van der Waals surface area contributed by atoms with Gasteiger partial charge in [-0.05, 0) is 166 Å². The van der Waals surface area contributed by atoms with Gasteiger partial charge in [0.05, 0.1) is 69.6 Å². The molecule has 3 aliphatic heterocycles. The summed E-state index contributed by atoms with van der Waals surface area (Å²) in [6, 6.07) is 38.9. The largest absolute Gasteiger partial charge is 0.497 e. The van der Waals surface area contributed by atoms with Crippen LogP contribution in [-0.4, -0.2) is 169 Å². The van der Waals surface area contributed by atoms with Crippen molar-refractivity contribution in [2.45, 2.75) is 185 Å². The van der Waals surface area contributed by atoms with Crippen LogP contribution in [0, 0.1) is 11.7 Å². The molecule has 6 aromatic carbocycles. The molecule has 25 heteroatoms. The van der Waals surface area contributed by atoms with Gasteiger partial charge < -0.3 is 70.2 Å². The predicted octanol–water partition coefficient (Wildman–Crippen LogP) is 9.55. The lowest BCUT2D eigenvalue weighted by atomic mass is 9.88. The summed E-state index contributed by atoms with van der Waals surface area (Å²) in [6.07, 6.45) is 2.74. The van der Waals surface area contributed by atoms with E-state index < -0.39 is 94.9 Å². The van der Waals surface area contributed by atoms with Crippen molar-refractivity contribution in [3.63, 3.8) is 0 Å². The number of nitrogens with one attached hydrogen (secondary N) is 5. The van der Waals surface area contributed by atoms with E-state index >= 15 is 0 Å². The Kier molecular flexibility index (Phi) is 28.0. The highest BCUT2D eigenvalue weighted by atomic mass is 19.1. The Hall–Kier alpha value is -10.6. The molecule has 0 saturated carbocycles. The van der Waals surface area contributed by atoms with Crippen molar-refractivity contribution in [1.82, 2.24) is 36.1 Å². The zero-order chi connectivity index (χ0) is 78.8. The number of hydrogen-bond acceptors (Lipinski definition) is 17. The highest BCUT2D eigenvalue weighted by Gasteiger charge is 2.48. The topological polar surface area (TPSA) is 322 Å². The molecule has 24 nitrogen and oxygen atoms in total. The monoisotopic (exact) mass is 1510 g/mol. The van der Waals surface area contributed by atoms with Crippen molar-refractivity contribution in [1.29, 1.82) is 0 Å². The molecule has 4 heterocycles. The van der Waals surface area contributed by atoms with Crippen molar-refractivity contribution in [2.24, 2.45) is 11.7 Å². The smallest absolute Gasteiger partial charge is 0.407 e. The average Bonchev–Trinajstić information content (AvgIpc) is 1.62. The molecule has 1 aliphatic carbocycles. The van der Waals surface area contributed by atoms with E-state index in [4.69, 9.17) is 29.4 Å². The van der Waals surface area contributed by atoms with Crippen LogP contribution in [0.4, 0.5) is 9.18 Å². The highest BCUT2D eigenvalue weighted by molar-refractivity contribution is 5.97. The molecule has 584 valence electrons. The van der Waals surface area contributed by atoms with Crippen molar-refractivity contribution in [2.75, 3.05) is 47.6 Å². The zero-order valence-electron chi connectivity index (χ0n) is 63.8. The molecule has 2 saturated heterocycles. The minimum atomic E-state index is -1.11. The van der Waals surface area contributed by atoms with Gasteiger partial charge in [0.25, 0.3) is 0 Å². The van der Waals surface area contributed by atoms with Crippen LogP contribution in [0.1, 0.15) is 143 Å². The van der Waals surface area contributed by atoms with Gasteiger partial charge in [-0.3, -0.25) is 43.2 Å². The number of H-pyrrole nitrogens is 1. The maximum atomic E-state index is 14.8. The Morgan fingerprint density at radius 2 is 1.45 bits per heavy atom. The molecule has 7 aromatic rings. The summed E-state index contributed by atoms with van der Waals surface area (Å²) in [7, 11) is 4.12.